The largest absolute Gasteiger partial charge is 0.493 e. The van der Waals surface area contributed by atoms with Gasteiger partial charge >= 0.3 is 0 Å². The molecule has 0 spiro atoms. The molecule has 1 amide bonds. The van der Waals surface area contributed by atoms with Gasteiger partial charge in [0.05, 0.1) is 24.8 Å². The molecule has 1 aliphatic heterocycles. The minimum atomic E-state index is -4.10. The normalized spacial score (nSPS) is 17.0. The van der Waals surface area contributed by atoms with E-state index in [1.54, 1.807) is 0 Å². The Morgan fingerprint density at radius 1 is 1.07 bits per heavy atom. The van der Waals surface area contributed by atoms with Crippen LogP contribution in [-0.2, 0) is 14.8 Å². The summed E-state index contributed by atoms with van der Waals surface area (Å²) in [6.07, 6.45) is 0.578. The van der Waals surface area contributed by atoms with Gasteiger partial charge in [-0.3, -0.25) is 4.79 Å². The number of halogens is 3. The number of methoxy groups -OCH3 is 2. The second kappa shape index (κ2) is 8.52. The van der Waals surface area contributed by atoms with Crippen molar-refractivity contribution in [1.29, 1.82) is 0 Å². The molecular weight excluding hydrogens is 425 g/mol. The van der Waals surface area contributed by atoms with E-state index in [0.29, 0.717) is 18.2 Å². The fourth-order valence-electron chi connectivity index (χ4n) is 3.24. The summed E-state index contributed by atoms with van der Waals surface area (Å²) in [6, 6.07) is 4.41. The lowest BCUT2D eigenvalue weighted by molar-refractivity contribution is -0.119. The Balaban J connectivity index is 1.88. The summed E-state index contributed by atoms with van der Waals surface area (Å²) in [6.45, 7) is 0.0645. The maximum atomic E-state index is 13.9. The molecule has 3 rings (SSSR count). The van der Waals surface area contributed by atoms with Crippen LogP contribution in [0, 0.1) is 17.5 Å². The van der Waals surface area contributed by atoms with E-state index >= 15 is 0 Å². The number of nitrogens with zero attached hydrogens (tertiary/aromatic N) is 1. The van der Waals surface area contributed by atoms with Crippen molar-refractivity contribution in [1.82, 2.24) is 4.31 Å². The summed E-state index contributed by atoms with van der Waals surface area (Å²) in [7, 11) is -1.33. The molecule has 0 saturated carbocycles. The van der Waals surface area contributed by atoms with Crippen molar-refractivity contribution in [2.75, 3.05) is 26.1 Å². The predicted octanol–water partition coefficient (Wildman–Crippen LogP) is 2.91. The van der Waals surface area contributed by atoms with Crippen molar-refractivity contribution >= 4 is 21.6 Å². The van der Waals surface area contributed by atoms with Crippen molar-refractivity contribution in [2.45, 2.75) is 23.8 Å². The van der Waals surface area contributed by atoms with Crippen LogP contribution >= 0.6 is 0 Å². The number of benzene rings is 2. The van der Waals surface area contributed by atoms with Crippen molar-refractivity contribution in [3.05, 3.63) is 47.8 Å². The summed E-state index contributed by atoms with van der Waals surface area (Å²) in [4.78, 5) is 12.5. The fraction of sp³-hybridized carbons (Fsp3) is 0.316. The van der Waals surface area contributed by atoms with Gasteiger partial charge in [-0.1, -0.05) is 0 Å². The number of ether oxygens (including phenoxy) is 2. The fourth-order valence-corrected chi connectivity index (χ4v) is 4.91. The van der Waals surface area contributed by atoms with Crippen molar-refractivity contribution in [2.24, 2.45) is 0 Å². The number of rotatable bonds is 6. The van der Waals surface area contributed by atoms with Crippen molar-refractivity contribution in [3.63, 3.8) is 0 Å². The molecule has 1 atom stereocenters. The highest BCUT2D eigenvalue weighted by Gasteiger charge is 2.40. The molecule has 0 aliphatic carbocycles. The van der Waals surface area contributed by atoms with Gasteiger partial charge in [-0.05, 0) is 37.1 Å². The number of hydrogen-bond acceptors (Lipinski definition) is 5. The van der Waals surface area contributed by atoms with Gasteiger partial charge in [-0.2, -0.15) is 4.31 Å². The van der Waals surface area contributed by atoms with Crippen LogP contribution in [0.2, 0.25) is 0 Å². The average Bonchev–Trinajstić information content (AvgIpc) is 3.24. The zero-order valence-corrected chi connectivity index (χ0v) is 16.9. The monoisotopic (exact) mass is 444 g/mol. The Morgan fingerprint density at radius 3 is 2.43 bits per heavy atom. The molecule has 1 heterocycles. The van der Waals surface area contributed by atoms with Gasteiger partial charge < -0.3 is 14.8 Å². The summed E-state index contributed by atoms with van der Waals surface area (Å²) >= 11 is 0. The van der Waals surface area contributed by atoms with E-state index in [4.69, 9.17) is 9.47 Å². The zero-order valence-electron chi connectivity index (χ0n) is 16.1. The molecule has 1 saturated heterocycles. The lowest BCUT2D eigenvalue weighted by Gasteiger charge is -2.24. The van der Waals surface area contributed by atoms with Gasteiger partial charge in [0, 0.05) is 12.6 Å². The molecule has 0 aromatic heterocycles. The molecule has 30 heavy (non-hydrogen) atoms. The van der Waals surface area contributed by atoms with Crippen LogP contribution in [-0.4, -0.2) is 45.4 Å². The van der Waals surface area contributed by atoms with Crippen molar-refractivity contribution < 1.29 is 35.9 Å². The quantitative estimate of drug-likeness (QED) is 0.693. The van der Waals surface area contributed by atoms with Gasteiger partial charge in [0.2, 0.25) is 15.9 Å². The van der Waals surface area contributed by atoms with Crippen LogP contribution in [0.25, 0.3) is 0 Å². The molecule has 1 aliphatic rings. The van der Waals surface area contributed by atoms with Gasteiger partial charge in [0.25, 0.3) is 0 Å². The van der Waals surface area contributed by atoms with E-state index in [-0.39, 0.29) is 23.6 Å². The first-order valence-corrected chi connectivity index (χ1v) is 10.3. The molecule has 1 N–H and O–H groups in total. The molecule has 1 fully saturated rings. The molecule has 11 heteroatoms. The molecule has 2 aromatic carbocycles. The highest BCUT2D eigenvalue weighted by molar-refractivity contribution is 7.89. The summed E-state index contributed by atoms with van der Waals surface area (Å²) in [5, 5.41) is 2.14. The number of nitrogens with one attached hydrogen (secondary N) is 1. The van der Waals surface area contributed by atoms with Crippen LogP contribution in [0.15, 0.2) is 35.2 Å². The molecule has 2 aromatic rings. The van der Waals surface area contributed by atoms with E-state index in [1.165, 1.54) is 32.4 Å². The second-order valence-corrected chi connectivity index (χ2v) is 8.39. The Hall–Kier alpha value is -2.79. The number of carbonyl (C=O) groups excluding carboxylic acids is 1. The first kappa shape index (κ1) is 21.9. The lowest BCUT2D eigenvalue weighted by Crippen LogP contribution is -2.43. The van der Waals surface area contributed by atoms with E-state index in [2.05, 4.69) is 5.32 Å². The Labute approximate surface area is 171 Å². The van der Waals surface area contributed by atoms with Gasteiger partial charge in [0.1, 0.15) is 6.04 Å². The first-order valence-electron chi connectivity index (χ1n) is 8.89. The van der Waals surface area contributed by atoms with Crippen LogP contribution in [0.1, 0.15) is 12.8 Å². The minimum Gasteiger partial charge on any atom is -0.493 e. The second-order valence-electron chi connectivity index (χ2n) is 6.50. The van der Waals surface area contributed by atoms with E-state index in [1.807, 2.05) is 0 Å². The molecule has 7 nitrogen and oxygen atoms in total. The van der Waals surface area contributed by atoms with E-state index in [0.717, 1.165) is 10.4 Å². The summed E-state index contributed by atoms with van der Waals surface area (Å²) in [5.74, 6) is -5.00. The third-order valence-corrected chi connectivity index (χ3v) is 6.67. The smallest absolute Gasteiger partial charge is 0.243 e. The lowest BCUT2D eigenvalue weighted by atomic mass is 10.2. The number of sulfonamides is 1. The standard InChI is InChI=1S/C19H19F3N2O5S/c1-28-15-8-5-11(10-16(15)29-2)30(26,27)24-9-3-4-14(24)19(25)23-13-7-6-12(20)17(21)18(13)22/h5-8,10,14H,3-4,9H2,1-2H3,(H,23,25). The topological polar surface area (TPSA) is 84.9 Å². The number of anilines is 1. The maximum absolute atomic E-state index is 13.9. The van der Waals surface area contributed by atoms with Crippen LogP contribution < -0.4 is 14.8 Å². The highest BCUT2D eigenvalue weighted by atomic mass is 32.2. The molecule has 1 unspecified atom stereocenters. The van der Waals surface area contributed by atoms with Crippen LogP contribution in [0.4, 0.5) is 18.9 Å². The van der Waals surface area contributed by atoms with Crippen LogP contribution in [0.3, 0.4) is 0 Å². The number of amides is 1. The third-order valence-electron chi connectivity index (χ3n) is 4.76. The first-order chi connectivity index (χ1) is 14.2. The zero-order chi connectivity index (χ0) is 22.1. The molecular formula is C19H19F3N2O5S. The summed E-state index contributed by atoms with van der Waals surface area (Å²) < 4.78 is 77.8. The highest BCUT2D eigenvalue weighted by Crippen LogP contribution is 2.33. The molecule has 0 radical (unpaired) electrons. The van der Waals surface area contributed by atoms with E-state index in [9.17, 15) is 26.4 Å². The third kappa shape index (κ3) is 3.94. The van der Waals surface area contributed by atoms with Gasteiger partial charge in [0.15, 0.2) is 29.0 Å². The molecule has 162 valence electrons. The Morgan fingerprint density at radius 2 is 1.77 bits per heavy atom. The van der Waals surface area contributed by atoms with Crippen LogP contribution in [0.5, 0.6) is 11.5 Å². The SMILES string of the molecule is COc1ccc(S(=O)(=O)N2CCCC2C(=O)Nc2ccc(F)c(F)c2F)cc1OC. The maximum Gasteiger partial charge on any atom is 0.243 e. The minimum absolute atomic E-state index is 0.0645. The Kier molecular flexibility index (Phi) is 6.22. The predicted molar refractivity (Wildman–Crippen MR) is 101 cm³/mol. The Bertz CT molecular complexity index is 1080. The van der Waals surface area contributed by atoms with Gasteiger partial charge in [-0.15, -0.1) is 0 Å². The van der Waals surface area contributed by atoms with E-state index < -0.39 is 45.1 Å². The van der Waals surface area contributed by atoms with Crippen molar-refractivity contribution in [3.8, 4) is 11.5 Å². The number of hydrogen-bond donors (Lipinski definition) is 1. The molecule has 0 bridgehead atoms. The van der Waals surface area contributed by atoms with Gasteiger partial charge in [-0.25, -0.2) is 21.6 Å². The number of carbonyl (C=O) groups is 1. The summed E-state index contributed by atoms with van der Waals surface area (Å²) in [5.41, 5.74) is -0.575. The average molecular weight is 444 g/mol.